The zero-order valence-electron chi connectivity index (χ0n) is 14.4. The number of rotatable bonds is 4. The van der Waals surface area contributed by atoms with Crippen LogP contribution in [-0.2, 0) is 4.79 Å². The maximum absolute atomic E-state index is 12.1. The zero-order valence-corrected chi connectivity index (χ0v) is 14.4. The Balaban J connectivity index is 1.86. The third-order valence-electron chi connectivity index (χ3n) is 3.50. The molecule has 2 rings (SSSR count). The Kier molecular flexibility index (Phi) is 5.58. The molecule has 0 atom stereocenters. The molecule has 0 aliphatic carbocycles. The van der Waals surface area contributed by atoms with E-state index in [9.17, 15) is 9.59 Å². The van der Waals surface area contributed by atoms with Crippen LogP contribution in [0.5, 0.6) is 5.75 Å². The molecule has 2 aromatic carbocycles. The van der Waals surface area contributed by atoms with Gasteiger partial charge in [0.2, 0.25) is 0 Å². The summed E-state index contributed by atoms with van der Waals surface area (Å²) in [6.07, 6.45) is 0. The Hall–Kier alpha value is -2.82. The highest BCUT2D eigenvalue weighted by atomic mass is 16.5. The van der Waals surface area contributed by atoms with Crippen LogP contribution in [0.15, 0.2) is 36.4 Å². The number of ether oxygens (including phenoxy) is 1. The first-order valence-electron chi connectivity index (χ1n) is 7.72. The van der Waals surface area contributed by atoms with E-state index in [2.05, 4.69) is 10.9 Å². The van der Waals surface area contributed by atoms with Crippen molar-refractivity contribution < 1.29 is 14.3 Å². The molecule has 2 amide bonds. The lowest BCUT2D eigenvalue weighted by molar-refractivity contribution is -0.123. The molecule has 0 bridgehead atoms. The van der Waals surface area contributed by atoms with E-state index >= 15 is 0 Å². The van der Waals surface area contributed by atoms with Gasteiger partial charge >= 0.3 is 0 Å². The van der Waals surface area contributed by atoms with Gasteiger partial charge in [0.25, 0.3) is 11.8 Å². The number of hydrazine groups is 1. The van der Waals surface area contributed by atoms with Crippen molar-refractivity contribution in [2.24, 2.45) is 0 Å². The maximum Gasteiger partial charge on any atom is 0.276 e. The first-order valence-corrected chi connectivity index (χ1v) is 7.72. The van der Waals surface area contributed by atoms with Crippen LogP contribution < -0.4 is 15.6 Å². The molecule has 0 saturated carbocycles. The third kappa shape index (κ3) is 4.84. The van der Waals surface area contributed by atoms with Crippen molar-refractivity contribution in [3.8, 4) is 5.75 Å². The summed E-state index contributed by atoms with van der Waals surface area (Å²) in [4.78, 5) is 23.9. The van der Waals surface area contributed by atoms with Gasteiger partial charge in [-0.3, -0.25) is 20.4 Å². The number of carbonyl (C=O) groups excluding carboxylic acids is 2. The molecular formula is C19H22N2O3. The second-order valence-electron chi connectivity index (χ2n) is 5.94. The zero-order chi connectivity index (χ0) is 17.7. The van der Waals surface area contributed by atoms with Gasteiger partial charge in [-0.25, -0.2) is 0 Å². The summed E-state index contributed by atoms with van der Waals surface area (Å²) in [5, 5.41) is 0. The van der Waals surface area contributed by atoms with Crippen LogP contribution >= 0.6 is 0 Å². The first-order chi connectivity index (χ1) is 11.3. The fraction of sp³-hybridized carbons (Fsp3) is 0.263. The average molecular weight is 326 g/mol. The van der Waals surface area contributed by atoms with Crippen molar-refractivity contribution in [3.63, 3.8) is 0 Å². The van der Waals surface area contributed by atoms with Crippen LogP contribution in [0, 0.1) is 27.7 Å². The molecule has 0 saturated heterocycles. The highest BCUT2D eigenvalue weighted by Crippen LogP contribution is 2.18. The topological polar surface area (TPSA) is 67.4 Å². The lowest BCUT2D eigenvalue weighted by Crippen LogP contribution is -2.43. The number of hydrogen-bond acceptors (Lipinski definition) is 3. The van der Waals surface area contributed by atoms with E-state index in [1.54, 1.807) is 12.1 Å². The maximum atomic E-state index is 12.1. The molecule has 0 aromatic heterocycles. The predicted octanol–water partition coefficient (Wildman–Crippen LogP) is 2.76. The summed E-state index contributed by atoms with van der Waals surface area (Å²) in [5.41, 5.74) is 9.25. The molecule has 0 fully saturated rings. The van der Waals surface area contributed by atoms with Crippen LogP contribution in [0.1, 0.15) is 32.6 Å². The van der Waals surface area contributed by atoms with Gasteiger partial charge in [-0.2, -0.15) is 0 Å². The smallest absolute Gasteiger partial charge is 0.276 e. The molecule has 5 nitrogen and oxygen atoms in total. The van der Waals surface area contributed by atoms with E-state index in [0.717, 1.165) is 22.3 Å². The molecule has 0 aliphatic heterocycles. The number of benzene rings is 2. The number of nitrogens with one attached hydrogen (secondary N) is 2. The number of hydrogen-bond donors (Lipinski definition) is 2. The molecule has 24 heavy (non-hydrogen) atoms. The van der Waals surface area contributed by atoms with Gasteiger partial charge in [0, 0.05) is 5.56 Å². The summed E-state index contributed by atoms with van der Waals surface area (Å²) in [6.45, 7) is 7.53. The number of carbonyl (C=O) groups is 2. The molecule has 0 radical (unpaired) electrons. The summed E-state index contributed by atoms with van der Waals surface area (Å²) < 4.78 is 5.49. The Morgan fingerprint density at radius 1 is 0.875 bits per heavy atom. The van der Waals surface area contributed by atoms with Gasteiger partial charge in [0.15, 0.2) is 6.61 Å². The molecule has 2 N–H and O–H groups in total. The minimum absolute atomic E-state index is 0.169. The molecule has 0 aliphatic rings. The van der Waals surface area contributed by atoms with Gasteiger partial charge < -0.3 is 4.74 Å². The van der Waals surface area contributed by atoms with Gasteiger partial charge in [-0.05, 0) is 57.0 Å². The van der Waals surface area contributed by atoms with E-state index in [1.807, 2.05) is 52.0 Å². The standard InChI is InChI=1S/C19H22N2O3/c1-12-5-6-15(4)17(10-12)24-11-18(22)20-21-19(23)16-8-13(2)7-14(3)9-16/h5-10H,11H2,1-4H3,(H,20,22)(H,21,23). The SMILES string of the molecule is Cc1cc(C)cc(C(=O)NNC(=O)COc2cc(C)ccc2C)c1. The highest BCUT2D eigenvalue weighted by molar-refractivity contribution is 5.95. The molecule has 126 valence electrons. The van der Waals surface area contributed by atoms with E-state index in [0.29, 0.717) is 11.3 Å². The van der Waals surface area contributed by atoms with Crippen molar-refractivity contribution in [2.75, 3.05) is 6.61 Å². The van der Waals surface area contributed by atoms with E-state index in [4.69, 9.17) is 4.74 Å². The van der Waals surface area contributed by atoms with Gasteiger partial charge in [0.05, 0.1) is 0 Å². The lowest BCUT2D eigenvalue weighted by Gasteiger charge is -2.11. The van der Waals surface area contributed by atoms with E-state index in [-0.39, 0.29) is 12.5 Å². The summed E-state index contributed by atoms with van der Waals surface area (Å²) in [7, 11) is 0. The fourth-order valence-corrected chi connectivity index (χ4v) is 2.35. The average Bonchev–Trinajstić information content (AvgIpc) is 2.52. The minimum Gasteiger partial charge on any atom is -0.483 e. The van der Waals surface area contributed by atoms with Crippen molar-refractivity contribution in [1.82, 2.24) is 10.9 Å². The molecular weight excluding hydrogens is 304 g/mol. The van der Waals surface area contributed by atoms with Crippen LogP contribution in [0.4, 0.5) is 0 Å². The summed E-state index contributed by atoms with van der Waals surface area (Å²) in [5.74, 6) is -0.124. The predicted molar refractivity (Wildman–Crippen MR) is 92.9 cm³/mol. The van der Waals surface area contributed by atoms with E-state index in [1.165, 1.54) is 0 Å². The fourth-order valence-electron chi connectivity index (χ4n) is 2.35. The first kappa shape index (κ1) is 17.5. The molecule has 0 unspecified atom stereocenters. The molecule has 2 aromatic rings. The van der Waals surface area contributed by atoms with Gasteiger partial charge in [0.1, 0.15) is 5.75 Å². The van der Waals surface area contributed by atoms with Crippen LogP contribution in [0.3, 0.4) is 0 Å². The van der Waals surface area contributed by atoms with E-state index < -0.39 is 5.91 Å². The van der Waals surface area contributed by atoms with Crippen molar-refractivity contribution in [2.45, 2.75) is 27.7 Å². The Morgan fingerprint density at radius 3 is 2.21 bits per heavy atom. The quantitative estimate of drug-likeness (QED) is 0.849. The van der Waals surface area contributed by atoms with Crippen molar-refractivity contribution in [1.29, 1.82) is 0 Å². The molecule has 5 heteroatoms. The monoisotopic (exact) mass is 326 g/mol. The highest BCUT2D eigenvalue weighted by Gasteiger charge is 2.09. The molecule has 0 spiro atoms. The van der Waals surface area contributed by atoms with Gasteiger partial charge in [-0.15, -0.1) is 0 Å². The van der Waals surface area contributed by atoms with Gasteiger partial charge in [-0.1, -0.05) is 29.3 Å². The Morgan fingerprint density at radius 2 is 1.54 bits per heavy atom. The summed E-state index contributed by atoms with van der Waals surface area (Å²) >= 11 is 0. The van der Waals surface area contributed by atoms with Crippen LogP contribution in [-0.4, -0.2) is 18.4 Å². The molecule has 0 heterocycles. The van der Waals surface area contributed by atoms with Crippen molar-refractivity contribution in [3.05, 3.63) is 64.2 Å². The third-order valence-corrected chi connectivity index (χ3v) is 3.50. The second-order valence-corrected chi connectivity index (χ2v) is 5.94. The summed E-state index contributed by atoms with van der Waals surface area (Å²) in [6, 6.07) is 11.3. The number of aryl methyl sites for hydroxylation is 4. The van der Waals surface area contributed by atoms with Crippen LogP contribution in [0.2, 0.25) is 0 Å². The normalized spacial score (nSPS) is 10.2. The Bertz CT molecular complexity index is 749. The lowest BCUT2D eigenvalue weighted by atomic mass is 10.1. The van der Waals surface area contributed by atoms with Crippen molar-refractivity contribution >= 4 is 11.8 Å². The van der Waals surface area contributed by atoms with Crippen LogP contribution in [0.25, 0.3) is 0 Å². The minimum atomic E-state index is -0.423. The number of amides is 2. The Labute approximate surface area is 142 Å². The second kappa shape index (κ2) is 7.64. The largest absolute Gasteiger partial charge is 0.483 e.